The first-order valence-electron chi connectivity index (χ1n) is 6.25. The summed E-state index contributed by atoms with van der Waals surface area (Å²) in [5, 5.41) is 11.3. The van der Waals surface area contributed by atoms with Crippen LogP contribution in [0.2, 0.25) is 0 Å². The SMILES string of the molecule is CCNCCCc1nnc(-c2ccc(C)nc2)o1. The number of hydrogen-bond acceptors (Lipinski definition) is 5. The fourth-order valence-electron chi connectivity index (χ4n) is 1.61. The Morgan fingerprint density at radius 3 is 2.89 bits per heavy atom. The lowest BCUT2D eigenvalue weighted by molar-refractivity contribution is 0.492. The van der Waals surface area contributed by atoms with Gasteiger partial charge >= 0.3 is 0 Å². The molecule has 0 saturated carbocycles. The van der Waals surface area contributed by atoms with Gasteiger partial charge in [-0.05, 0) is 38.6 Å². The van der Waals surface area contributed by atoms with Crippen molar-refractivity contribution in [3.8, 4) is 11.5 Å². The van der Waals surface area contributed by atoms with Crippen molar-refractivity contribution in [2.24, 2.45) is 0 Å². The molecule has 0 saturated heterocycles. The molecule has 0 aliphatic rings. The van der Waals surface area contributed by atoms with E-state index in [2.05, 4.69) is 27.4 Å². The number of aromatic nitrogens is 3. The summed E-state index contributed by atoms with van der Waals surface area (Å²) in [5.41, 5.74) is 1.84. The topological polar surface area (TPSA) is 63.8 Å². The zero-order chi connectivity index (χ0) is 12.8. The van der Waals surface area contributed by atoms with Crippen LogP contribution in [0.5, 0.6) is 0 Å². The molecule has 0 fully saturated rings. The van der Waals surface area contributed by atoms with Gasteiger partial charge in [0.1, 0.15) is 0 Å². The van der Waals surface area contributed by atoms with Crippen molar-refractivity contribution in [1.82, 2.24) is 20.5 Å². The van der Waals surface area contributed by atoms with Crippen LogP contribution >= 0.6 is 0 Å². The number of rotatable bonds is 6. The van der Waals surface area contributed by atoms with Gasteiger partial charge in [-0.1, -0.05) is 6.92 Å². The lowest BCUT2D eigenvalue weighted by Crippen LogP contribution is -2.14. The van der Waals surface area contributed by atoms with Crippen molar-refractivity contribution >= 4 is 0 Å². The Bertz CT molecular complexity index is 478. The van der Waals surface area contributed by atoms with E-state index in [0.29, 0.717) is 11.8 Å². The summed E-state index contributed by atoms with van der Waals surface area (Å²) >= 11 is 0. The van der Waals surface area contributed by atoms with Crippen LogP contribution in [0.1, 0.15) is 24.9 Å². The van der Waals surface area contributed by atoms with E-state index in [9.17, 15) is 0 Å². The van der Waals surface area contributed by atoms with Gasteiger partial charge in [0.25, 0.3) is 0 Å². The van der Waals surface area contributed by atoms with E-state index in [1.165, 1.54) is 0 Å². The van der Waals surface area contributed by atoms with Crippen molar-refractivity contribution in [3.63, 3.8) is 0 Å². The van der Waals surface area contributed by atoms with Gasteiger partial charge in [0.05, 0.1) is 5.56 Å². The first-order valence-corrected chi connectivity index (χ1v) is 6.25. The minimum Gasteiger partial charge on any atom is -0.421 e. The fraction of sp³-hybridized carbons (Fsp3) is 0.462. The van der Waals surface area contributed by atoms with Crippen molar-refractivity contribution in [1.29, 1.82) is 0 Å². The van der Waals surface area contributed by atoms with E-state index in [-0.39, 0.29) is 0 Å². The maximum absolute atomic E-state index is 5.60. The molecule has 0 unspecified atom stereocenters. The maximum Gasteiger partial charge on any atom is 0.249 e. The lowest BCUT2D eigenvalue weighted by atomic mass is 10.2. The van der Waals surface area contributed by atoms with Gasteiger partial charge in [0.15, 0.2) is 0 Å². The zero-order valence-corrected chi connectivity index (χ0v) is 10.8. The van der Waals surface area contributed by atoms with Crippen molar-refractivity contribution < 1.29 is 4.42 Å². The summed E-state index contributed by atoms with van der Waals surface area (Å²) in [5.74, 6) is 1.23. The lowest BCUT2D eigenvalue weighted by Gasteiger charge is -1.98. The van der Waals surface area contributed by atoms with Crippen LogP contribution in [0.3, 0.4) is 0 Å². The van der Waals surface area contributed by atoms with Crippen molar-refractivity contribution in [2.75, 3.05) is 13.1 Å². The molecule has 0 aromatic carbocycles. The Balaban J connectivity index is 1.95. The third-order valence-corrected chi connectivity index (χ3v) is 2.62. The highest BCUT2D eigenvalue weighted by atomic mass is 16.4. The highest BCUT2D eigenvalue weighted by molar-refractivity contribution is 5.50. The van der Waals surface area contributed by atoms with Crippen LogP contribution in [0, 0.1) is 6.92 Å². The molecule has 18 heavy (non-hydrogen) atoms. The number of nitrogens with one attached hydrogen (secondary N) is 1. The van der Waals surface area contributed by atoms with Crippen LogP contribution in [0.4, 0.5) is 0 Å². The smallest absolute Gasteiger partial charge is 0.249 e. The monoisotopic (exact) mass is 246 g/mol. The van der Waals surface area contributed by atoms with Crippen LogP contribution < -0.4 is 5.32 Å². The molecular formula is C13H18N4O. The number of nitrogens with zero attached hydrogens (tertiary/aromatic N) is 3. The number of aryl methyl sites for hydroxylation is 2. The summed E-state index contributed by atoms with van der Waals surface area (Å²) in [7, 11) is 0. The molecule has 0 spiro atoms. The Hall–Kier alpha value is -1.75. The zero-order valence-electron chi connectivity index (χ0n) is 10.8. The maximum atomic E-state index is 5.60. The van der Waals surface area contributed by atoms with Gasteiger partial charge in [-0.15, -0.1) is 10.2 Å². The van der Waals surface area contributed by atoms with Gasteiger partial charge in [0.2, 0.25) is 11.8 Å². The van der Waals surface area contributed by atoms with Crippen molar-refractivity contribution in [2.45, 2.75) is 26.7 Å². The number of pyridine rings is 1. The van der Waals surface area contributed by atoms with Crippen LogP contribution in [-0.2, 0) is 6.42 Å². The minimum absolute atomic E-state index is 0.543. The van der Waals surface area contributed by atoms with Gasteiger partial charge in [-0.2, -0.15) is 0 Å². The molecule has 0 amide bonds. The predicted octanol–water partition coefficient (Wildman–Crippen LogP) is 1.98. The third kappa shape index (κ3) is 3.37. The van der Waals surface area contributed by atoms with Gasteiger partial charge in [0, 0.05) is 18.3 Å². The van der Waals surface area contributed by atoms with E-state index in [0.717, 1.165) is 37.2 Å². The molecular weight excluding hydrogens is 228 g/mol. The second-order valence-corrected chi connectivity index (χ2v) is 4.15. The van der Waals surface area contributed by atoms with Crippen LogP contribution in [0.25, 0.3) is 11.5 Å². The Morgan fingerprint density at radius 2 is 2.17 bits per heavy atom. The molecule has 96 valence electrons. The van der Waals surface area contributed by atoms with Gasteiger partial charge in [-0.25, -0.2) is 0 Å². The summed E-state index contributed by atoms with van der Waals surface area (Å²) in [4.78, 5) is 4.21. The Kier molecular flexibility index (Phi) is 4.41. The van der Waals surface area contributed by atoms with E-state index >= 15 is 0 Å². The molecule has 0 atom stereocenters. The molecule has 0 bridgehead atoms. The fourth-order valence-corrected chi connectivity index (χ4v) is 1.61. The quantitative estimate of drug-likeness (QED) is 0.790. The van der Waals surface area contributed by atoms with E-state index in [4.69, 9.17) is 4.42 Å². The molecule has 2 heterocycles. The highest BCUT2D eigenvalue weighted by Gasteiger charge is 2.08. The molecule has 5 heteroatoms. The largest absolute Gasteiger partial charge is 0.421 e. The van der Waals surface area contributed by atoms with E-state index in [1.54, 1.807) is 6.20 Å². The molecule has 2 aromatic heterocycles. The summed E-state index contributed by atoms with van der Waals surface area (Å²) < 4.78 is 5.60. The van der Waals surface area contributed by atoms with Crippen LogP contribution in [0.15, 0.2) is 22.7 Å². The van der Waals surface area contributed by atoms with Crippen LogP contribution in [-0.4, -0.2) is 28.3 Å². The van der Waals surface area contributed by atoms with E-state index in [1.807, 2.05) is 19.1 Å². The molecule has 2 aromatic rings. The van der Waals surface area contributed by atoms with E-state index < -0.39 is 0 Å². The summed E-state index contributed by atoms with van der Waals surface area (Å²) in [6.45, 7) is 6.00. The number of hydrogen-bond donors (Lipinski definition) is 1. The average molecular weight is 246 g/mol. The molecule has 2 rings (SSSR count). The second-order valence-electron chi connectivity index (χ2n) is 4.15. The molecule has 0 radical (unpaired) electrons. The highest BCUT2D eigenvalue weighted by Crippen LogP contribution is 2.17. The third-order valence-electron chi connectivity index (χ3n) is 2.62. The van der Waals surface area contributed by atoms with Crippen molar-refractivity contribution in [3.05, 3.63) is 29.9 Å². The summed E-state index contributed by atoms with van der Waals surface area (Å²) in [6.07, 6.45) is 3.56. The molecule has 0 aliphatic heterocycles. The predicted molar refractivity (Wildman–Crippen MR) is 69.1 cm³/mol. The Labute approximate surface area is 107 Å². The second kappa shape index (κ2) is 6.26. The molecule has 5 nitrogen and oxygen atoms in total. The molecule has 0 aliphatic carbocycles. The first-order chi connectivity index (χ1) is 8.79. The Morgan fingerprint density at radius 1 is 1.28 bits per heavy atom. The normalized spacial score (nSPS) is 10.8. The summed E-state index contributed by atoms with van der Waals surface area (Å²) in [6, 6.07) is 3.88. The first kappa shape index (κ1) is 12.7. The average Bonchev–Trinajstić information content (AvgIpc) is 2.84. The van der Waals surface area contributed by atoms with Gasteiger partial charge < -0.3 is 9.73 Å². The molecule has 1 N–H and O–H groups in total. The minimum atomic E-state index is 0.543. The van der Waals surface area contributed by atoms with Gasteiger partial charge in [-0.3, -0.25) is 4.98 Å². The standard InChI is InChI=1S/C13H18N4O/c1-3-14-8-4-5-12-16-17-13(18-12)11-7-6-10(2)15-9-11/h6-7,9,14H,3-5,8H2,1-2H3.